The lowest BCUT2D eigenvalue weighted by Gasteiger charge is -2.36. The number of nitrogens with two attached hydrogens (primary N) is 1. The maximum atomic E-state index is 6.22. The molecule has 3 N–H and O–H groups in total. The van der Waals surface area contributed by atoms with Crippen LogP contribution in [0.25, 0.3) is 0 Å². The molecular formula is C21H26ClN3O. The van der Waals surface area contributed by atoms with Gasteiger partial charge in [-0.3, -0.25) is 4.99 Å². The van der Waals surface area contributed by atoms with E-state index in [2.05, 4.69) is 42.4 Å². The first kappa shape index (κ1) is 18.7. The second-order valence-electron chi connectivity index (χ2n) is 7.03. The molecule has 4 nitrogen and oxygen atoms in total. The minimum atomic E-state index is -0.0847. The lowest BCUT2D eigenvalue weighted by Crippen LogP contribution is -2.38. The van der Waals surface area contributed by atoms with Crippen molar-refractivity contribution in [2.24, 2.45) is 10.7 Å². The van der Waals surface area contributed by atoms with Crippen LogP contribution >= 0.6 is 11.6 Å². The van der Waals surface area contributed by atoms with E-state index in [0.717, 1.165) is 36.8 Å². The Morgan fingerprint density at radius 1 is 1.15 bits per heavy atom. The van der Waals surface area contributed by atoms with Crippen molar-refractivity contribution in [3.05, 3.63) is 64.2 Å². The monoisotopic (exact) mass is 371 g/mol. The Kier molecular flexibility index (Phi) is 5.84. The summed E-state index contributed by atoms with van der Waals surface area (Å²) in [7, 11) is 0. The average molecular weight is 372 g/mol. The van der Waals surface area contributed by atoms with Crippen LogP contribution in [0.3, 0.4) is 0 Å². The lowest BCUT2D eigenvalue weighted by atomic mass is 9.74. The Hall–Kier alpha value is -2.04. The molecule has 0 atom stereocenters. The summed E-state index contributed by atoms with van der Waals surface area (Å²) in [6.45, 7) is 6.25. The number of rotatable bonds is 4. The fourth-order valence-electron chi connectivity index (χ4n) is 3.36. The Morgan fingerprint density at radius 2 is 1.92 bits per heavy atom. The van der Waals surface area contributed by atoms with Crippen LogP contribution in [0.1, 0.15) is 29.5 Å². The normalized spacial score (nSPS) is 17.1. The zero-order valence-corrected chi connectivity index (χ0v) is 16.1. The highest BCUT2D eigenvalue weighted by atomic mass is 35.5. The molecule has 0 unspecified atom stereocenters. The Bertz CT molecular complexity index is 798. The molecule has 1 saturated heterocycles. The van der Waals surface area contributed by atoms with Crippen LogP contribution in [0.5, 0.6) is 0 Å². The molecule has 3 rings (SSSR count). The molecule has 1 fully saturated rings. The number of anilines is 1. The second kappa shape index (κ2) is 8.11. The first-order valence-corrected chi connectivity index (χ1v) is 9.34. The maximum absolute atomic E-state index is 6.22. The molecule has 0 bridgehead atoms. The molecule has 0 radical (unpaired) electrons. The third-order valence-corrected chi connectivity index (χ3v) is 5.45. The van der Waals surface area contributed by atoms with Gasteiger partial charge in [0.05, 0.1) is 6.54 Å². The van der Waals surface area contributed by atoms with Gasteiger partial charge in [0, 0.05) is 29.3 Å². The SMILES string of the molecule is Cc1ccc(NC(N)=NCC2(c3cccc(Cl)c3)CCOCC2)cc1C. The van der Waals surface area contributed by atoms with Gasteiger partial charge in [0.15, 0.2) is 5.96 Å². The number of halogens is 1. The first-order chi connectivity index (χ1) is 12.5. The van der Waals surface area contributed by atoms with E-state index in [0.29, 0.717) is 12.5 Å². The zero-order chi connectivity index (χ0) is 18.6. The van der Waals surface area contributed by atoms with Crippen molar-refractivity contribution in [2.75, 3.05) is 25.1 Å². The zero-order valence-electron chi connectivity index (χ0n) is 15.4. The minimum absolute atomic E-state index is 0.0847. The van der Waals surface area contributed by atoms with Gasteiger partial charge in [-0.25, -0.2) is 0 Å². The molecule has 2 aromatic rings. The van der Waals surface area contributed by atoms with Crippen LogP contribution in [0, 0.1) is 13.8 Å². The Balaban J connectivity index is 1.78. The fourth-order valence-corrected chi connectivity index (χ4v) is 3.55. The number of nitrogens with zero attached hydrogens (tertiary/aromatic N) is 1. The van der Waals surface area contributed by atoms with Gasteiger partial charge >= 0.3 is 0 Å². The predicted octanol–water partition coefficient (Wildman–Crippen LogP) is 4.43. The second-order valence-corrected chi connectivity index (χ2v) is 7.46. The third-order valence-electron chi connectivity index (χ3n) is 5.22. The van der Waals surface area contributed by atoms with Crippen LogP contribution in [-0.2, 0) is 10.2 Å². The summed E-state index contributed by atoms with van der Waals surface area (Å²) < 4.78 is 5.57. The number of aliphatic imine (C=N–C) groups is 1. The third kappa shape index (κ3) is 4.37. The number of guanidine groups is 1. The van der Waals surface area contributed by atoms with Gasteiger partial charge in [0.25, 0.3) is 0 Å². The molecule has 138 valence electrons. The molecule has 0 aliphatic carbocycles. The molecule has 0 spiro atoms. The van der Waals surface area contributed by atoms with Crippen molar-refractivity contribution >= 4 is 23.2 Å². The van der Waals surface area contributed by atoms with Crippen LogP contribution < -0.4 is 11.1 Å². The molecule has 5 heteroatoms. The van der Waals surface area contributed by atoms with Crippen molar-refractivity contribution < 1.29 is 4.74 Å². The van der Waals surface area contributed by atoms with Gasteiger partial charge < -0.3 is 15.8 Å². The summed E-state index contributed by atoms with van der Waals surface area (Å²) in [5.74, 6) is 0.432. The largest absolute Gasteiger partial charge is 0.381 e. The highest BCUT2D eigenvalue weighted by Gasteiger charge is 2.34. The van der Waals surface area contributed by atoms with Crippen LogP contribution in [0.2, 0.25) is 5.02 Å². The van der Waals surface area contributed by atoms with Crippen LogP contribution in [0.4, 0.5) is 5.69 Å². The van der Waals surface area contributed by atoms with E-state index in [1.807, 2.05) is 24.3 Å². The molecule has 0 amide bonds. The summed E-state index contributed by atoms with van der Waals surface area (Å²) in [5.41, 5.74) is 10.7. The van der Waals surface area contributed by atoms with E-state index in [9.17, 15) is 0 Å². The number of ether oxygens (including phenoxy) is 1. The highest BCUT2D eigenvalue weighted by Crippen LogP contribution is 2.36. The number of hydrogen-bond donors (Lipinski definition) is 2. The summed E-state index contributed by atoms with van der Waals surface area (Å²) in [4.78, 5) is 4.66. The van der Waals surface area contributed by atoms with E-state index in [-0.39, 0.29) is 5.41 Å². The topological polar surface area (TPSA) is 59.6 Å². The van der Waals surface area contributed by atoms with Gasteiger partial charge in [-0.1, -0.05) is 29.8 Å². The van der Waals surface area contributed by atoms with Gasteiger partial charge in [0.1, 0.15) is 0 Å². The predicted molar refractivity (Wildman–Crippen MR) is 109 cm³/mol. The van der Waals surface area contributed by atoms with Crippen molar-refractivity contribution in [3.8, 4) is 0 Å². The number of aryl methyl sites for hydroxylation is 2. The van der Waals surface area contributed by atoms with Gasteiger partial charge in [0.2, 0.25) is 0 Å². The van der Waals surface area contributed by atoms with Gasteiger partial charge in [-0.2, -0.15) is 0 Å². The molecular weight excluding hydrogens is 346 g/mol. The van der Waals surface area contributed by atoms with Crippen molar-refractivity contribution in [2.45, 2.75) is 32.1 Å². The smallest absolute Gasteiger partial charge is 0.193 e. The average Bonchev–Trinajstić information content (AvgIpc) is 2.64. The van der Waals surface area contributed by atoms with Crippen molar-refractivity contribution in [3.63, 3.8) is 0 Å². The summed E-state index contributed by atoms with van der Waals surface area (Å²) in [6.07, 6.45) is 1.82. The van der Waals surface area contributed by atoms with Crippen molar-refractivity contribution in [1.82, 2.24) is 0 Å². The lowest BCUT2D eigenvalue weighted by molar-refractivity contribution is 0.0531. The first-order valence-electron chi connectivity index (χ1n) is 8.96. The van der Waals surface area contributed by atoms with Crippen molar-refractivity contribution in [1.29, 1.82) is 0 Å². The molecule has 1 aliphatic heterocycles. The summed E-state index contributed by atoms with van der Waals surface area (Å²) in [6, 6.07) is 14.2. The molecule has 26 heavy (non-hydrogen) atoms. The van der Waals surface area contributed by atoms with E-state index in [1.165, 1.54) is 16.7 Å². The molecule has 0 aromatic heterocycles. The Labute approximate surface area is 160 Å². The van der Waals surface area contributed by atoms with Crippen LogP contribution in [0.15, 0.2) is 47.5 Å². The molecule has 0 saturated carbocycles. The molecule has 2 aromatic carbocycles. The van der Waals surface area contributed by atoms with E-state index in [4.69, 9.17) is 22.1 Å². The molecule has 1 heterocycles. The highest BCUT2D eigenvalue weighted by molar-refractivity contribution is 6.30. The fraction of sp³-hybridized carbons (Fsp3) is 0.381. The number of nitrogens with one attached hydrogen (secondary N) is 1. The van der Waals surface area contributed by atoms with E-state index < -0.39 is 0 Å². The van der Waals surface area contributed by atoms with E-state index in [1.54, 1.807) is 0 Å². The van der Waals surface area contributed by atoms with Gasteiger partial charge in [-0.15, -0.1) is 0 Å². The number of benzene rings is 2. The number of hydrogen-bond acceptors (Lipinski definition) is 2. The van der Waals surface area contributed by atoms with Crippen LogP contribution in [-0.4, -0.2) is 25.7 Å². The standard InChI is InChI=1S/C21H26ClN3O/c1-15-6-7-19(12-16(15)2)25-20(23)24-14-21(8-10-26-11-9-21)17-4-3-5-18(22)13-17/h3-7,12-13H,8-11,14H2,1-2H3,(H3,23,24,25). The van der Waals surface area contributed by atoms with Gasteiger partial charge in [-0.05, 0) is 67.6 Å². The Morgan fingerprint density at radius 3 is 2.62 bits per heavy atom. The summed E-state index contributed by atoms with van der Waals surface area (Å²) in [5, 5.41) is 3.95. The minimum Gasteiger partial charge on any atom is -0.381 e. The van der Waals surface area contributed by atoms with E-state index >= 15 is 0 Å². The molecule has 1 aliphatic rings. The maximum Gasteiger partial charge on any atom is 0.193 e. The summed E-state index contributed by atoms with van der Waals surface area (Å²) >= 11 is 6.22. The quantitative estimate of drug-likeness (QED) is 0.617.